The summed E-state index contributed by atoms with van der Waals surface area (Å²) in [5.74, 6) is 0. The van der Waals surface area contributed by atoms with E-state index in [1.54, 1.807) is 0 Å². The highest BCUT2D eigenvalue weighted by Gasteiger charge is 2.08. The van der Waals surface area contributed by atoms with Gasteiger partial charge >= 0.3 is 0 Å². The van der Waals surface area contributed by atoms with Gasteiger partial charge in [0.05, 0.1) is 0 Å². The molecular weight excluding hydrogens is 146 g/mol. The molecule has 0 fully saturated rings. The van der Waals surface area contributed by atoms with E-state index in [1.165, 1.54) is 19.5 Å². The molecule has 0 amide bonds. The smallest absolute Gasteiger partial charge is 0.0338 e. The maximum atomic E-state index is 5.87. The number of hydrogen-bond donors (Lipinski definition) is 0. The SMILES string of the molecule is CCCN1CCC=C(Cl)C1. The fourth-order valence-corrected chi connectivity index (χ4v) is 1.55. The molecule has 0 aromatic carbocycles. The van der Waals surface area contributed by atoms with E-state index in [1.807, 2.05) is 0 Å². The van der Waals surface area contributed by atoms with Crippen molar-refractivity contribution in [2.75, 3.05) is 19.6 Å². The Kier molecular flexibility index (Phi) is 3.23. The summed E-state index contributed by atoms with van der Waals surface area (Å²) in [5.41, 5.74) is 0. The lowest BCUT2D eigenvalue weighted by Crippen LogP contribution is -2.29. The van der Waals surface area contributed by atoms with Gasteiger partial charge in [0, 0.05) is 18.1 Å². The second-order valence-electron chi connectivity index (χ2n) is 2.72. The van der Waals surface area contributed by atoms with Gasteiger partial charge in [-0.25, -0.2) is 0 Å². The highest BCUT2D eigenvalue weighted by molar-refractivity contribution is 6.29. The maximum Gasteiger partial charge on any atom is 0.0338 e. The number of hydrogen-bond acceptors (Lipinski definition) is 1. The molecule has 1 aliphatic heterocycles. The van der Waals surface area contributed by atoms with Gasteiger partial charge in [-0.15, -0.1) is 0 Å². The van der Waals surface area contributed by atoms with E-state index in [4.69, 9.17) is 11.6 Å². The predicted octanol–water partition coefficient (Wildman–Crippen LogP) is 2.22. The topological polar surface area (TPSA) is 3.24 Å². The molecule has 0 saturated carbocycles. The zero-order chi connectivity index (χ0) is 7.40. The van der Waals surface area contributed by atoms with Gasteiger partial charge in [0.15, 0.2) is 0 Å². The van der Waals surface area contributed by atoms with E-state index >= 15 is 0 Å². The molecule has 0 spiro atoms. The molecule has 1 aliphatic rings. The first-order chi connectivity index (χ1) is 4.83. The summed E-state index contributed by atoms with van der Waals surface area (Å²) >= 11 is 5.87. The van der Waals surface area contributed by atoms with Crippen LogP contribution in [0, 0.1) is 0 Å². The first-order valence-electron chi connectivity index (χ1n) is 3.90. The Morgan fingerprint density at radius 3 is 3.10 bits per heavy atom. The van der Waals surface area contributed by atoms with Crippen LogP contribution in [-0.4, -0.2) is 24.5 Å². The second-order valence-corrected chi connectivity index (χ2v) is 3.20. The summed E-state index contributed by atoms with van der Waals surface area (Å²) in [7, 11) is 0. The highest BCUT2D eigenvalue weighted by Crippen LogP contribution is 2.12. The van der Waals surface area contributed by atoms with Gasteiger partial charge in [0.2, 0.25) is 0 Å². The number of halogens is 1. The molecule has 10 heavy (non-hydrogen) atoms. The maximum absolute atomic E-state index is 5.87. The lowest BCUT2D eigenvalue weighted by Gasteiger charge is -2.23. The molecule has 1 nitrogen and oxygen atoms in total. The third kappa shape index (κ3) is 2.31. The third-order valence-electron chi connectivity index (χ3n) is 1.73. The summed E-state index contributed by atoms with van der Waals surface area (Å²) in [6.07, 6.45) is 4.47. The summed E-state index contributed by atoms with van der Waals surface area (Å²) in [6.45, 7) is 5.54. The van der Waals surface area contributed by atoms with Crippen molar-refractivity contribution in [2.24, 2.45) is 0 Å². The molecule has 2 heteroatoms. The minimum atomic E-state index is 0.968. The molecule has 1 rings (SSSR count). The fraction of sp³-hybridized carbons (Fsp3) is 0.750. The Morgan fingerprint density at radius 2 is 2.50 bits per heavy atom. The van der Waals surface area contributed by atoms with Crippen LogP contribution in [0.3, 0.4) is 0 Å². The molecule has 0 saturated heterocycles. The van der Waals surface area contributed by atoms with Crippen molar-refractivity contribution in [3.8, 4) is 0 Å². The van der Waals surface area contributed by atoms with Crippen LogP contribution in [0.25, 0.3) is 0 Å². The monoisotopic (exact) mass is 159 g/mol. The predicted molar refractivity (Wildman–Crippen MR) is 45.3 cm³/mol. The molecule has 58 valence electrons. The molecule has 0 radical (unpaired) electrons. The quantitative estimate of drug-likeness (QED) is 0.598. The number of rotatable bonds is 2. The van der Waals surface area contributed by atoms with E-state index in [9.17, 15) is 0 Å². The number of nitrogens with zero attached hydrogens (tertiary/aromatic N) is 1. The van der Waals surface area contributed by atoms with E-state index in [-0.39, 0.29) is 0 Å². The van der Waals surface area contributed by atoms with Crippen molar-refractivity contribution in [1.82, 2.24) is 4.90 Å². The van der Waals surface area contributed by atoms with Crippen molar-refractivity contribution in [3.63, 3.8) is 0 Å². The van der Waals surface area contributed by atoms with Crippen molar-refractivity contribution in [3.05, 3.63) is 11.1 Å². The summed E-state index contributed by atoms with van der Waals surface area (Å²) in [4.78, 5) is 2.39. The van der Waals surface area contributed by atoms with E-state index < -0.39 is 0 Å². The summed E-state index contributed by atoms with van der Waals surface area (Å²) < 4.78 is 0. The highest BCUT2D eigenvalue weighted by atomic mass is 35.5. The largest absolute Gasteiger partial charge is 0.298 e. The van der Waals surface area contributed by atoms with Crippen molar-refractivity contribution >= 4 is 11.6 Å². The van der Waals surface area contributed by atoms with Gasteiger partial charge < -0.3 is 0 Å². The summed E-state index contributed by atoms with van der Waals surface area (Å²) in [6, 6.07) is 0. The van der Waals surface area contributed by atoms with Gasteiger partial charge in [0.25, 0.3) is 0 Å². The normalized spacial score (nSPS) is 20.8. The van der Waals surface area contributed by atoms with Gasteiger partial charge in [-0.1, -0.05) is 24.6 Å². The third-order valence-corrected chi connectivity index (χ3v) is 2.00. The zero-order valence-electron chi connectivity index (χ0n) is 6.44. The Morgan fingerprint density at radius 1 is 1.70 bits per heavy atom. The van der Waals surface area contributed by atoms with Crippen molar-refractivity contribution in [1.29, 1.82) is 0 Å². The molecule has 0 N–H and O–H groups in total. The van der Waals surface area contributed by atoms with E-state index in [2.05, 4.69) is 17.9 Å². The fourth-order valence-electron chi connectivity index (χ4n) is 1.27. The average molecular weight is 160 g/mol. The summed E-state index contributed by atoms with van der Waals surface area (Å²) in [5, 5.41) is 1.01. The minimum Gasteiger partial charge on any atom is -0.298 e. The minimum absolute atomic E-state index is 0.968. The van der Waals surface area contributed by atoms with E-state index in [0.29, 0.717) is 0 Å². The van der Waals surface area contributed by atoms with E-state index in [0.717, 1.165) is 18.0 Å². The lowest BCUT2D eigenvalue weighted by atomic mass is 10.2. The molecule has 0 aromatic heterocycles. The zero-order valence-corrected chi connectivity index (χ0v) is 7.19. The molecule has 1 heterocycles. The lowest BCUT2D eigenvalue weighted by molar-refractivity contribution is 0.296. The van der Waals surface area contributed by atoms with Gasteiger partial charge in [0.1, 0.15) is 0 Å². The molecule has 0 aliphatic carbocycles. The molecule has 0 bridgehead atoms. The van der Waals surface area contributed by atoms with Crippen molar-refractivity contribution in [2.45, 2.75) is 19.8 Å². The van der Waals surface area contributed by atoms with Crippen LogP contribution in [0.1, 0.15) is 19.8 Å². The molecular formula is C8H14ClN. The molecule has 0 unspecified atom stereocenters. The van der Waals surface area contributed by atoms with Crippen LogP contribution in [0.15, 0.2) is 11.1 Å². The van der Waals surface area contributed by atoms with Crippen LogP contribution in [0.2, 0.25) is 0 Å². The van der Waals surface area contributed by atoms with Crippen LogP contribution in [0.5, 0.6) is 0 Å². The van der Waals surface area contributed by atoms with Crippen LogP contribution in [-0.2, 0) is 0 Å². The Balaban J connectivity index is 2.30. The standard InChI is InChI=1S/C8H14ClN/c1-2-5-10-6-3-4-8(9)7-10/h4H,2-3,5-7H2,1H3. The first-order valence-corrected chi connectivity index (χ1v) is 4.27. The molecule has 0 aromatic rings. The van der Waals surface area contributed by atoms with Gasteiger partial charge in [-0.05, 0) is 19.4 Å². The first kappa shape index (κ1) is 8.09. The Labute approximate surface area is 67.7 Å². The van der Waals surface area contributed by atoms with Crippen molar-refractivity contribution < 1.29 is 0 Å². The van der Waals surface area contributed by atoms with Crippen LogP contribution in [0.4, 0.5) is 0 Å². The Hall–Kier alpha value is -0.0100. The molecule has 0 atom stereocenters. The van der Waals surface area contributed by atoms with Gasteiger partial charge in [-0.3, -0.25) is 4.90 Å². The second kappa shape index (κ2) is 3.99. The Bertz CT molecular complexity index is 131. The average Bonchev–Trinajstić information content (AvgIpc) is 1.88. The van der Waals surface area contributed by atoms with Crippen LogP contribution >= 0.6 is 11.6 Å². The van der Waals surface area contributed by atoms with Crippen LogP contribution < -0.4 is 0 Å². The van der Waals surface area contributed by atoms with Gasteiger partial charge in [-0.2, -0.15) is 0 Å².